The molecule has 5 heteroatoms. The van der Waals surface area contributed by atoms with Gasteiger partial charge in [0.05, 0.1) is 11.2 Å². The van der Waals surface area contributed by atoms with Gasteiger partial charge in [-0.2, -0.15) is 5.10 Å². The second-order valence-electron chi connectivity index (χ2n) is 4.62. The average Bonchev–Trinajstić information content (AvgIpc) is 2.77. The summed E-state index contributed by atoms with van der Waals surface area (Å²) in [5.41, 5.74) is 0.368. The summed E-state index contributed by atoms with van der Waals surface area (Å²) >= 11 is 0. The van der Waals surface area contributed by atoms with Crippen LogP contribution in [0, 0.1) is 0 Å². The first kappa shape index (κ1) is 13.3. The van der Waals surface area contributed by atoms with Crippen LogP contribution >= 0.6 is 0 Å². The molecule has 2 rings (SSSR count). The van der Waals surface area contributed by atoms with Crippen molar-refractivity contribution in [1.82, 2.24) is 10.2 Å². The van der Waals surface area contributed by atoms with Crippen molar-refractivity contribution in [2.45, 2.75) is 52.7 Å². The van der Waals surface area contributed by atoms with E-state index in [9.17, 15) is 0 Å². The molecular weight excluding hydrogens is 203 g/mol. The van der Waals surface area contributed by atoms with E-state index in [2.05, 4.69) is 10.2 Å². The Morgan fingerprint density at radius 1 is 1.12 bits per heavy atom. The Balaban J connectivity index is 0.000000606. The topological polar surface area (TPSA) is 47.1 Å². The minimum absolute atomic E-state index is 0.283. The van der Waals surface area contributed by atoms with E-state index in [0.717, 1.165) is 5.46 Å². The van der Waals surface area contributed by atoms with Crippen molar-refractivity contribution in [3.05, 3.63) is 12.4 Å². The summed E-state index contributed by atoms with van der Waals surface area (Å²) in [6, 6.07) is 0. The summed E-state index contributed by atoms with van der Waals surface area (Å²) in [5.74, 6) is 0. The smallest absolute Gasteiger partial charge is 0.399 e. The maximum atomic E-state index is 5.83. The van der Waals surface area contributed by atoms with Gasteiger partial charge in [-0.1, -0.05) is 13.8 Å². The summed E-state index contributed by atoms with van der Waals surface area (Å²) < 4.78 is 11.7. The van der Waals surface area contributed by atoms with Crippen molar-refractivity contribution in [3.8, 4) is 0 Å². The van der Waals surface area contributed by atoms with Gasteiger partial charge in [-0.3, -0.25) is 5.10 Å². The van der Waals surface area contributed by atoms with Crippen LogP contribution in [0.25, 0.3) is 0 Å². The number of aromatic nitrogens is 2. The summed E-state index contributed by atoms with van der Waals surface area (Å²) in [4.78, 5) is 0. The van der Waals surface area contributed by atoms with Crippen LogP contribution in [0.4, 0.5) is 0 Å². The second-order valence-corrected chi connectivity index (χ2v) is 4.62. The predicted molar refractivity (Wildman–Crippen MR) is 65.7 cm³/mol. The fourth-order valence-corrected chi connectivity index (χ4v) is 1.37. The lowest BCUT2D eigenvalue weighted by atomic mass is 9.82. The number of hydrogen-bond acceptors (Lipinski definition) is 3. The lowest BCUT2D eigenvalue weighted by Gasteiger charge is -2.32. The Hall–Kier alpha value is -0.805. The Kier molecular flexibility index (Phi) is 3.81. The molecule has 90 valence electrons. The number of nitrogens with one attached hydrogen (secondary N) is 1. The number of hydrogen-bond donors (Lipinski definition) is 1. The molecule has 1 aromatic rings. The number of rotatable bonds is 1. The third-order valence-electron chi connectivity index (χ3n) is 3.04. The van der Waals surface area contributed by atoms with Crippen LogP contribution in [-0.4, -0.2) is 28.5 Å². The van der Waals surface area contributed by atoms with Crippen LogP contribution in [0.15, 0.2) is 12.4 Å². The molecule has 1 fully saturated rings. The third kappa shape index (κ3) is 2.30. The van der Waals surface area contributed by atoms with E-state index in [4.69, 9.17) is 9.31 Å². The van der Waals surface area contributed by atoms with Crippen LogP contribution in [0.3, 0.4) is 0 Å². The first-order valence-corrected chi connectivity index (χ1v) is 5.77. The molecule has 1 aliphatic heterocycles. The molecule has 1 aromatic heterocycles. The summed E-state index contributed by atoms with van der Waals surface area (Å²) in [6.07, 6.45) is 3.52. The van der Waals surface area contributed by atoms with Gasteiger partial charge in [0.15, 0.2) is 0 Å². The molecule has 0 atom stereocenters. The van der Waals surface area contributed by atoms with Crippen molar-refractivity contribution in [2.75, 3.05) is 0 Å². The van der Waals surface area contributed by atoms with E-state index in [1.54, 1.807) is 12.4 Å². The monoisotopic (exact) mass is 224 g/mol. The summed E-state index contributed by atoms with van der Waals surface area (Å²) in [5, 5.41) is 6.63. The molecule has 0 spiro atoms. The summed E-state index contributed by atoms with van der Waals surface area (Å²) in [7, 11) is -0.307. The van der Waals surface area contributed by atoms with Gasteiger partial charge >= 0.3 is 7.12 Å². The minimum Gasteiger partial charge on any atom is -0.399 e. The Bertz CT molecular complexity index is 307. The molecule has 0 amide bonds. The van der Waals surface area contributed by atoms with Crippen molar-refractivity contribution in [1.29, 1.82) is 0 Å². The zero-order valence-electron chi connectivity index (χ0n) is 11.0. The number of H-pyrrole nitrogens is 1. The van der Waals surface area contributed by atoms with E-state index < -0.39 is 0 Å². The van der Waals surface area contributed by atoms with E-state index in [1.807, 2.05) is 41.5 Å². The van der Waals surface area contributed by atoms with Crippen LogP contribution in [0.5, 0.6) is 0 Å². The van der Waals surface area contributed by atoms with Crippen molar-refractivity contribution < 1.29 is 9.31 Å². The van der Waals surface area contributed by atoms with Gasteiger partial charge in [-0.15, -0.1) is 0 Å². The van der Waals surface area contributed by atoms with Gasteiger partial charge in [-0.25, -0.2) is 0 Å². The molecule has 0 unspecified atom stereocenters. The minimum atomic E-state index is -0.307. The molecule has 0 radical (unpaired) electrons. The van der Waals surface area contributed by atoms with E-state index >= 15 is 0 Å². The first-order valence-electron chi connectivity index (χ1n) is 5.77. The fourth-order valence-electron chi connectivity index (χ4n) is 1.37. The quantitative estimate of drug-likeness (QED) is 0.739. The van der Waals surface area contributed by atoms with E-state index in [0.29, 0.717) is 0 Å². The maximum Gasteiger partial charge on any atom is 0.498 e. The van der Waals surface area contributed by atoms with Crippen LogP contribution < -0.4 is 5.46 Å². The van der Waals surface area contributed by atoms with Crippen molar-refractivity contribution >= 4 is 12.6 Å². The molecule has 4 nitrogen and oxygen atoms in total. The first-order chi connectivity index (χ1) is 7.42. The van der Waals surface area contributed by atoms with Crippen molar-refractivity contribution in [3.63, 3.8) is 0 Å². The Morgan fingerprint density at radius 3 is 2.00 bits per heavy atom. The normalized spacial score (nSPS) is 21.5. The zero-order chi connectivity index (χ0) is 12.4. The highest BCUT2D eigenvalue weighted by Crippen LogP contribution is 2.36. The molecule has 0 bridgehead atoms. The molecule has 0 saturated carbocycles. The highest BCUT2D eigenvalue weighted by molar-refractivity contribution is 6.61. The number of aromatic amines is 1. The van der Waals surface area contributed by atoms with Crippen LogP contribution in [0.1, 0.15) is 41.5 Å². The zero-order valence-corrected chi connectivity index (χ0v) is 11.0. The molecule has 1 aliphatic rings. The second kappa shape index (κ2) is 4.59. The van der Waals surface area contributed by atoms with E-state index in [-0.39, 0.29) is 18.3 Å². The number of nitrogens with zero attached hydrogens (tertiary/aromatic N) is 1. The SMILES string of the molecule is CC.CC1(C)OB(c2cn[nH]c2)OC1(C)C. The van der Waals surface area contributed by atoms with Crippen LogP contribution in [0.2, 0.25) is 0 Å². The fraction of sp³-hybridized carbons (Fsp3) is 0.727. The standard InChI is InChI=1S/C9H15BN2O2.C2H6/c1-8(2)9(3,4)14-10(13-8)7-5-11-12-6-7;1-2/h5-6H,1-4H3,(H,11,12);1-2H3. The molecular formula is C11H21BN2O2. The Morgan fingerprint density at radius 2 is 1.62 bits per heavy atom. The largest absolute Gasteiger partial charge is 0.498 e. The summed E-state index contributed by atoms with van der Waals surface area (Å²) in [6.45, 7) is 12.1. The Labute approximate surface area is 97.9 Å². The highest BCUT2D eigenvalue weighted by atomic mass is 16.7. The van der Waals surface area contributed by atoms with Gasteiger partial charge in [0, 0.05) is 17.9 Å². The van der Waals surface area contributed by atoms with Gasteiger partial charge in [0.25, 0.3) is 0 Å². The van der Waals surface area contributed by atoms with Gasteiger partial charge < -0.3 is 9.31 Å². The van der Waals surface area contributed by atoms with Gasteiger partial charge in [-0.05, 0) is 27.7 Å². The van der Waals surface area contributed by atoms with Crippen molar-refractivity contribution in [2.24, 2.45) is 0 Å². The molecule has 0 aromatic carbocycles. The maximum absolute atomic E-state index is 5.83. The molecule has 1 N–H and O–H groups in total. The third-order valence-corrected chi connectivity index (χ3v) is 3.04. The predicted octanol–water partition coefficient (Wildman–Crippen LogP) is 1.74. The molecule has 2 heterocycles. The lowest BCUT2D eigenvalue weighted by Crippen LogP contribution is -2.41. The highest BCUT2D eigenvalue weighted by Gasteiger charge is 2.51. The molecule has 1 saturated heterocycles. The van der Waals surface area contributed by atoms with Gasteiger partial charge in [0.1, 0.15) is 0 Å². The van der Waals surface area contributed by atoms with E-state index in [1.165, 1.54) is 0 Å². The molecule has 0 aliphatic carbocycles. The average molecular weight is 224 g/mol. The lowest BCUT2D eigenvalue weighted by molar-refractivity contribution is 0.00578. The van der Waals surface area contributed by atoms with Crippen LogP contribution in [-0.2, 0) is 9.31 Å². The van der Waals surface area contributed by atoms with Gasteiger partial charge in [0.2, 0.25) is 0 Å². The molecule has 16 heavy (non-hydrogen) atoms.